The molecule has 0 bridgehead atoms. The molecule has 4 aromatic rings. The molecule has 32 heavy (non-hydrogen) atoms. The SMILES string of the molecule is O=C1N(Cc2ccc3ncnn3c2)c2ccccc2C12COc1cc3c(cc12)OCCO3. The van der Waals surface area contributed by atoms with Gasteiger partial charge < -0.3 is 19.1 Å². The van der Waals surface area contributed by atoms with Crippen molar-refractivity contribution in [1.29, 1.82) is 0 Å². The summed E-state index contributed by atoms with van der Waals surface area (Å²) in [7, 11) is 0. The van der Waals surface area contributed by atoms with Crippen LogP contribution in [0.4, 0.5) is 5.69 Å². The molecule has 8 heteroatoms. The summed E-state index contributed by atoms with van der Waals surface area (Å²) in [6.45, 7) is 1.66. The molecule has 1 atom stereocenters. The molecule has 3 aliphatic heterocycles. The van der Waals surface area contributed by atoms with Crippen LogP contribution in [0.1, 0.15) is 16.7 Å². The molecule has 0 saturated heterocycles. The minimum Gasteiger partial charge on any atom is -0.491 e. The number of hydrogen-bond donors (Lipinski definition) is 0. The summed E-state index contributed by atoms with van der Waals surface area (Å²) in [5, 5.41) is 4.22. The number of benzene rings is 2. The Morgan fingerprint density at radius 2 is 1.78 bits per heavy atom. The smallest absolute Gasteiger partial charge is 0.246 e. The van der Waals surface area contributed by atoms with Crippen molar-refractivity contribution in [3.63, 3.8) is 0 Å². The van der Waals surface area contributed by atoms with E-state index in [9.17, 15) is 4.79 Å². The number of pyridine rings is 1. The minimum atomic E-state index is -0.904. The second-order valence-electron chi connectivity index (χ2n) is 8.19. The molecule has 0 radical (unpaired) electrons. The quantitative estimate of drug-likeness (QED) is 0.491. The number of carbonyl (C=O) groups is 1. The van der Waals surface area contributed by atoms with Crippen LogP contribution in [0, 0.1) is 0 Å². The van der Waals surface area contributed by atoms with Crippen molar-refractivity contribution in [2.45, 2.75) is 12.0 Å². The molecule has 1 amide bonds. The Hall–Kier alpha value is -4.07. The number of hydrogen-bond acceptors (Lipinski definition) is 6. The van der Waals surface area contributed by atoms with Crippen LogP contribution in [0.3, 0.4) is 0 Å². The first-order valence-electron chi connectivity index (χ1n) is 10.5. The molecule has 0 N–H and O–H groups in total. The van der Waals surface area contributed by atoms with Gasteiger partial charge in [0.1, 0.15) is 37.3 Å². The average molecular weight is 426 g/mol. The number of anilines is 1. The van der Waals surface area contributed by atoms with Gasteiger partial charge in [-0.2, -0.15) is 5.10 Å². The number of fused-ring (bicyclic) bond motifs is 6. The van der Waals surface area contributed by atoms with Gasteiger partial charge in [0.15, 0.2) is 17.1 Å². The second kappa shape index (κ2) is 6.23. The fourth-order valence-electron chi connectivity index (χ4n) is 5.00. The highest BCUT2D eigenvalue weighted by Gasteiger charge is 2.57. The van der Waals surface area contributed by atoms with E-state index in [4.69, 9.17) is 14.2 Å². The highest BCUT2D eigenvalue weighted by Crippen LogP contribution is 2.54. The topological polar surface area (TPSA) is 78.2 Å². The molecule has 5 heterocycles. The molecule has 8 nitrogen and oxygen atoms in total. The lowest BCUT2D eigenvalue weighted by Crippen LogP contribution is -2.42. The summed E-state index contributed by atoms with van der Waals surface area (Å²) in [4.78, 5) is 20.1. The summed E-state index contributed by atoms with van der Waals surface area (Å²) in [6, 6.07) is 15.6. The Kier molecular flexibility index (Phi) is 3.42. The van der Waals surface area contributed by atoms with E-state index in [1.165, 1.54) is 6.33 Å². The number of para-hydroxylation sites is 1. The summed E-state index contributed by atoms with van der Waals surface area (Å²) < 4.78 is 19.3. The molecule has 0 saturated carbocycles. The predicted molar refractivity (Wildman–Crippen MR) is 114 cm³/mol. The Balaban J connectivity index is 1.35. The van der Waals surface area contributed by atoms with Crippen molar-refractivity contribution in [3.8, 4) is 17.2 Å². The zero-order valence-corrected chi connectivity index (χ0v) is 17.0. The highest BCUT2D eigenvalue weighted by atomic mass is 16.6. The number of ether oxygens (including phenoxy) is 3. The van der Waals surface area contributed by atoms with Gasteiger partial charge in [0, 0.05) is 23.5 Å². The van der Waals surface area contributed by atoms with Crippen LogP contribution < -0.4 is 19.1 Å². The van der Waals surface area contributed by atoms with Gasteiger partial charge in [-0.1, -0.05) is 24.3 Å². The van der Waals surface area contributed by atoms with Crippen LogP contribution in [0.5, 0.6) is 17.2 Å². The highest BCUT2D eigenvalue weighted by molar-refractivity contribution is 6.11. The third-order valence-corrected chi connectivity index (χ3v) is 6.49. The Morgan fingerprint density at radius 3 is 2.69 bits per heavy atom. The lowest BCUT2D eigenvalue weighted by molar-refractivity contribution is -0.122. The number of amides is 1. The van der Waals surface area contributed by atoms with Gasteiger partial charge in [-0.05, 0) is 29.3 Å². The molecule has 0 fully saturated rings. The first kappa shape index (κ1) is 17.6. The zero-order valence-electron chi connectivity index (χ0n) is 17.0. The van der Waals surface area contributed by atoms with E-state index >= 15 is 0 Å². The van der Waals surface area contributed by atoms with E-state index in [1.54, 1.807) is 4.52 Å². The summed E-state index contributed by atoms with van der Waals surface area (Å²) in [5.74, 6) is 1.97. The lowest BCUT2D eigenvalue weighted by atomic mass is 9.77. The fraction of sp³-hybridized carbons (Fsp3) is 0.208. The van der Waals surface area contributed by atoms with Crippen LogP contribution >= 0.6 is 0 Å². The normalized spacial score (nSPS) is 20.5. The number of aromatic nitrogens is 3. The van der Waals surface area contributed by atoms with Crippen molar-refractivity contribution >= 4 is 17.2 Å². The van der Waals surface area contributed by atoms with E-state index in [0.29, 0.717) is 37.0 Å². The van der Waals surface area contributed by atoms with Gasteiger partial charge in [-0.3, -0.25) is 4.79 Å². The molecule has 0 aliphatic carbocycles. The van der Waals surface area contributed by atoms with Crippen molar-refractivity contribution in [3.05, 3.63) is 77.7 Å². The van der Waals surface area contributed by atoms with Crippen LogP contribution in [0.2, 0.25) is 0 Å². The Labute approximate surface area is 183 Å². The average Bonchev–Trinajstić information content (AvgIpc) is 3.50. The van der Waals surface area contributed by atoms with Crippen LogP contribution in [0.25, 0.3) is 5.65 Å². The van der Waals surface area contributed by atoms with Gasteiger partial charge in [0.2, 0.25) is 5.91 Å². The van der Waals surface area contributed by atoms with Crippen LogP contribution in [-0.4, -0.2) is 40.3 Å². The van der Waals surface area contributed by atoms with Gasteiger partial charge in [0.25, 0.3) is 0 Å². The van der Waals surface area contributed by atoms with Crippen molar-refractivity contribution in [2.75, 3.05) is 24.7 Å². The second-order valence-corrected chi connectivity index (χ2v) is 8.19. The molecule has 2 aromatic heterocycles. The van der Waals surface area contributed by atoms with E-state index in [0.717, 1.165) is 28.0 Å². The first-order valence-corrected chi connectivity index (χ1v) is 10.5. The van der Waals surface area contributed by atoms with Crippen LogP contribution in [0.15, 0.2) is 61.1 Å². The molecule has 3 aliphatic rings. The number of rotatable bonds is 2. The van der Waals surface area contributed by atoms with E-state index in [2.05, 4.69) is 10.1 Å². The summed E-state index contributed by atoms with van der Waals surface area (Å²) >= 11 is 0. The van der Waals surface area contributed by atoms with Gasteiger partial charge in [0.05, 0.1) is 6.54 Å². The maximum absolute atomic E-state index is 14.1. The molecule has 1 unspecified atom stereocenters. The van der Waals surface area contributed by atoms with Crippen molar-refractivity contribution in [2.24, 2.45) is 0 Å². The van der Waals surface area contributed by atoms with Gasteiger partial charge >= 0.3 is 0 Å². The van der Waals surface area contributed by atoms with Crippen molar-refractivity contribution in [1.82, 2.24) is 14.6 Å². The zero-order chi connectivity index (χ0) is 21.3. The first-order chi connectivity index (χ1) is 15.7. The van der Waals surface area contributed by atoms with E-state index in [-0.39, 0.29) is 12.5 Å². The van der Waals surface area contributed by atoms with Crippen LogP contribution in [-0.2, 0) is 16.8 Å². The third kappa shape index (κ3) is 2.23. The maximum Gasteiger partial charge on any atom is 0.246 e. The Bertz CT molecular complexity index is 1410. The largest absolute Gasteiger partial charge is 0.491 e. The third-order valence-electron chi connectivity index (χ3n) is 6.49. The van der Waals surface area contributed by atoms with E-state index in [1.807, 2.05) is 59.6 Å². The molecule has 158 valence electrons. The molecular formula is C24H18N4O4. The Morgan fingerprint density at radius 1 is 0.938 bits per heavy atom. The summed E-state index contributed by atoms with van der Waals surface area (Å²) in [5.41, 5.74) is 3.49. The fourth-order valence-corrected chi connectivity index (χ4v) is 5.00. The monoisotopic (exact) mass is 426 g/mol. The molecule has 7 rings (SSSR count). The standard InChI is InChI=1S/C24H18N4O4/c29-23-24(13-32-19-10-21-20(9-17(19)24)30-7-8-31-21)16-3-1-2-4-18(16)27(23)11-15-5-6-22-25-14-26-28(22)12-15/h1-6,9-10,12,14H,7-8,11,13H2. The molecule has 2 aromatic carbocycles. The van der Waals surface area contributed by atoms with E-state index < -0.39 is 5.41 Å². The minimum absolute atomic E-state index is 0.00665. The predicted octanol–water partition coefficient (Wildman–Crippen LogP) is 2.73. The summed E-state index contributed by atoms with van der Waals surface area (Å²) in [6.07, 6.45) is 3.42. The van der Waals surface area contributed by atoms with Gasteiger partial charge in [-0.15, -0.1) is 0 Å². The molecular weight excluding hydrogens is 408 g/mol. The maximum atomic E-state index is 14.1. The lowest BCUT2D eigenvalue weighted by Gasteiger charge is -2.24. The van der Waals surface area contributed by atoms with Gasteiger partial charge in [-0.25, -0.2) is 9.50 Å². The number of carbonyl (C=O) groups excluding carboxylic acids is 1. The number of nitrogens with zero attached hydrogens (tertiary/aromatic N) is 4. The van der Waals surface area contributed by atoms with Crippen molar-refractivity contribution < 1.29 is 19.0 Å². The molecule has 1 spiro atoms.